The van der Waals surface area contributed by atoms with E-state index in [1.807, 2.05) is 18.2 Å². The van der Waals surface area contributed by atoms with Crippen LogP contribution in [0.2, 0.25) is 0 Å². The summed E-state index contributed by atoms with van der Waals surface area (Å²) in [6, 6.07) is 14.9. The maximum Gasteiger partial charge on any atom is 0.357 e. The Labute approximate surface area is 116 Å². The van der Waals surface area contributed by atoms with Crippen molar-refractivity contribution in [3.63, 3.8) is 0 Å². The highest BCUT2D eigenvalue weighted by Gasteiger charge is 2.16. The van der Waals surface area contributed by atoms with Gasteiger partial charge in [-0.05, 0) is 42.3 Å². The Bertz CT molecular complexity index is 636. The van der Waals surface area contributed by atoms with Gasteiger partial charge in [0, 0.05) is 5.56 Å². The Morgan fingerprint density at radius 1 is 1.05 bits per heavy atom. The molecule has 2 aromatic rings. The van der Waals surface area contributed by atoms with Crippen molar-refractivity contribution in [2.75, 3.05) is 0 Å². The number of phenolic OH excluding ortho intramolecular Hbond substituents is 1. The number of ether oxygens (including phenoxy) is 1. The summed E-state index contributed by atoms with van der Waals surface area (Å²) >= 11 is 0. The Morgan fingerprint density at radius 3 is 2.30 bits per heavy atom. The van der Waals surface area contributed by atoms with Crippen molar-refractivity contribution in [1.29, 1.82) is 0 Å². The van der Waals surface area contributed by atoms with E-state index in [-0.39, 0.29) is 5.75 Å². The zero-order chi connectivity index (χ0) is 14.4. The van der Waals surface area contributed by atoms with Crippen LogP contribution < -0.4 is 4.74 Å². The van der Waals surface area contributed by atoms with Crippen molar-refractivity contribution in [3.05, 3.63) is 60.2 Å². The van der Waals surface area contributed by atoms with Gasteiger partial charge < -0.3 is 14.9 Å². The summed E-state index contributed by atoms with van der Waals surface area (Å²) in [5.74, 6) is 4.57. The molecule has 0 spiro atoms. The summed E-state index contributed by atoms with van der Waals surface area (Å²) in [6.45, 7) is 0. The van der Waals surface area contributed by atoms with Crippen molar-refractivity contribution in [2.24, 2.45) is 0 Å². The van der Waals surface area contributed by atoms with E-state index < -0.39 is 12.1 Å². The van der Waals surface area contributed by atoms with Gasteiger partial charge in [-0.1, -0.05) is 24.1 Å². The molecule has 2 rings (SSSR count). The number of aliphatic carboxylic acids is 1. The van der Waals surface area contributed by atoms with E-state index in [0.717, 1.165) is 0 Å². The second kappa shape index (κ2) is 6.30. The molecule has 2 aromatic carbocycles. The fourth-order valence-corrected chi connectivity index (χ4v) is 1.47. The summed E-state index contributed by atoms with van der Waals surface area (Å²) in [7, 11) is 0. The van der Waals surface area contributed by atoms with Crippen molar-refractivity contribution >= 4 is 5.97 Å². The smallest absolute Gasteiger partial charge is 0.357 e. The first-order valence-electron chi connectivity index (χ1n) is 5.90. The standard InChI is InChI=1S/C16H12O4/c17-13-7-9-14(10-8-13)20-15(16(18)19)11-6-12-4-2-1-3-5-12/h1-5,7-10,15,17H,(H,18,19). The van der Waals surface area contributed by atoms with Crippen LogP contribution in [0.15, 0.2) is 54.6 Å². The van der Waals surface area contributed by atoms with Crippen molar-refractivity contribution < 1.29 is 19.7 Å². The summed E-state index contributed by atoms with van der Waals surface area (Å²) < 4.78 is 5.27. The molecule has 0 aromatic heterocycles. The van der Waals surface area contributed by atoms with Crippen LogP contribution in [0.25, 0.3) is 0 Å². The van der Waals surface area contributed by atoms with Gasteiger partial charge in [-0.2, -0.15) is 0 Å². The molecule has 4 heteroatoms. The lowest BCUT2D eigenvalue weighted by molar-refractivity contribution is -0.142. The Hall–Kier alpha value is -2.93. The molecular weight excluding hydrogens is 256 g/mol. The molecule has 1 atom stereocenters. The third-order valence-electron chi connectivity index (χ3n) is 2.44. The van der Waals surface area contributed by atoms with E-state index >= 15 is 0 Å². The average Bonchev–Trinajstić information content (AvgIpc) is 2.46. The monoisotopic (exact) mass is 268 g/mol. The minimum Gasteiger partial charge on any atom is -0.508 e. The van der Waals surface area contributed by atoms with Crippen molar-refractivity contribution in [3.8, 4) is 23.3 Å². The SMILES string of the molecule is O=C(O)C(C#Cc1ccccc1)Oc1ccc(O)cc1. The number of carboxylic acid groups (broad SMARTS) is 1. The number of aromatic hydroxyl groups is 1. The summed E-state index contributed by atoms with van der Waals surface area (Å²) in [5.41, 5.74) is 0.716. The quantitative estimate of drug-likeness (QED) is 0.838. The van der Waals surface area contributed by atoms with Gasteiger partial charge in [0.25, 0.3) is 6.10 Å². The molecule has 0 bridgehead atoms. The molecule has 4 nitrogen and oxygen atoms in total. The highest BCUT2D eigenvalue weighted by atomic mass is 16.5. The average molecular weight is 268 g/mol. The molecule has 0 saturated carbocycles. The van der Waals surface area contributed by atoms with Crippen molar-refractivity contribution in [2.45, 2.75) is 6.10 Å². The van der Waals surface area contributed by atoms with E-state index in [1.54, 1.807) is 12.1 Å². The lowest BCUT2D eigenvalue weighted by atomic mass is 10.2. The van der Waals surface area contributed by atoms with Crippen LogP contribution in [-0.4, -0.2) is 22.3 Å². The number of hydrogen-bond donors (Lipinski definition) is 2. The number of hydrogen-bond acceptors (Lipinski definition) is 3. The van der Waals surface area contributed by atoms with Crippen LogP contribution in [0.4, 0.5) is 0 Å². The molecule has 0 heterocycles. The summed E-state index contributed by atoms with van der Waals surface area (Å²) in [4.78, 5) is 11.1. The third-order valence-corrected chi connectivity index (χ3v) is 2.44. The first-order valence-corrected chi connectivity index (χ1v) is 5.90. The molecule has 1 unspecified atom stereocenters. The lowest BCUT2D eigenvalue weighted by Crippen LogP contribution is -2.25. The molecular formula is C16H12O4. The topological polar surface area (TPSA) is 66.8 Å². The second-order valence-electron chi connectivity index (χ2n) is 3.97. The van der Waals surface area contributed by atoms with Gasteiger partial charge in [-0.3, -0.25) is 0 Å². The van der Waals surface area contributed by atoms with Crippen LogP contribution in [0.3, 0.4) is 0 Å². The Kier molecular flexibility index (Phi) is 4.25. The fourth-order valence-electron chi connectivity index (χ4n) is 1.47. The minimum absolute atomic E-state index is 0.0830. The van der Waals surface area contributed by atoms with Gasteiger partial charge in [-0.15, -0.1) is 0 Å². The molecule has 2 N–H and O–H groups in total. The molecule has 20 heavy (non-hydrogen) atoms. The van der Waals surface area contributed by atoms with Gasteiger partial charge in [0.15, 0.2) is 0 Å². The van der Waals surface area contributed by atoms with E-state index in [2.05, 4.69) is 11.8 Å². The lowest BCUT2D eigenvalue weighted by Gasteiger charge is -2.09. The molecule has 0 aliphatic rings. The van der Waals surface area contributed by atoms with Crippen molar-refractivity contribution in [1.82, 2.24) is 0 Å². The molecule has 0 amide bonds. The largest absolute Gasteiger partial charge is 0.508 e. The zero-order valence-electron chi connectivity index (χ0n) is 10.5. The molecule has 0 fully saturated rings. The van der Waals surface area contributed by atoms with Gasteiger partial charge in [0.1, 0.15) is 11.5 Å². The second-order valence-corrected chi connectivity index (χ2v) is 3.97. The number of carboxylic acids is 1. The fraction of sp³-hybridized carbons (Fsp3) is 0.0625. The highest BCUT2D eigenvalue weighted by molar-refractivity contribution is 5.77. The van der Waals surface area contributed by atoms with Gasteiger partial charge in [0.2, 0.25) is 0 Å². The Balaban J connectivity index is 2.14. The maximum atomic E-state index is 11.1. The summed E-state index contributed by atoms with van der Waals surface area (Å²) in [6.07, 6.45) is -1.26. The zero-order valence-corrected chi connectivity index (χ0v) is 10.5. The number of phenols is 1. The van der Waals surface area contributed by atoms with Crippen LogP contribution in [0.5, 0.6) is 11.5 Å². The number of benzene rings is 2. The van der Waals surface area contributed by atoms with Crippen LogP contribution >= 0.6 is 0 Å². The van der Waals surface area contributed by atoms with E-state index in [0.29, 0.717) is 11.3 Å². The first-order chi connectivity index (χ1) is 9.65. The van der Waals surface area contributed by atoms with Crippen LogP contribution in [0, 0.1) is 11.8 Å². The molecule has 100 valence electrons. The first kappa shape index (κ1) is 13.5. The van der Waals surface area contributed by atoms with Crippen LogP contribution in [-0.2, 0) is 4.79 Å². The maximum absolute atomic E-state index is 11.1. The van der Waals surface area contributed by atoms with Gasteiger partial charge in [-0.25, -0.2) is 4.79 Å². The molecule has 0 radical (unpaired) electrons. The molecule has 0 aliphatic heterocycles. The molecule has 0 aliphatic carbocycles. The molecule has 0 saturated heterocycles. The normalized spacial score (nSPS) is 11.0. The predicted octanol–water partition coefficient (Wildman–Crippen LogP) is 2.28. The Morgan fingerprint density at radius 2 is 1.70 bits per heavy atom. The van der Waals surface area contributed by atoms with Crippen LogP contribution in [0.1, 0.15) is 5.56 Å². The van der Waals surface area contributed by atoms with E-state index in [1.165, 1.54) is 24.3 Å². The highest BCUT2D eigenvalue weighted by Crippen LogP contribution is 2.17. The van der Waals surface area contributed by atoms with Gasteiger partial charge in [0.05, 0.1) is 0 Å². The predicted molar refractivity (Wildman–Crippen MR) is 73.5 cm³/mol. The van der Waals surface area contributed by atoms with E-state index in [9.17, 15) is 4.79 Å². The number of carbonyl (C=O) groups is 1. The number of rotatable bonds is 3. The van der Waals surface area contributed by atoms with Gasteiger partial charge >= 0.3 is 5.97 Å². The third kappa shape index (κ3) is 3.79. The minimum atomic E-state index is -1.26. The summed E-state index contributed by atoms with van der Waals surface area (Å²) in [5, 5.41) is 18.2. The van der Waals surface area contributed by atoms with E-state index in [4.69, 9.17) is 14.9 Å².